The first kappa shape index (κ1) is 12.1. The van der Waals surface area contributed by atoms with Gasteiger partial charge >= 0.3 is 0 Å². The molecule has 1 unspecified atom stereocenters. The third-order valence-corrected chi connectivity index (χ3v) is 3.46. The Hall–Kier alpha value is -1.34. The molecule has 0 spiro atoms. The molecule has 0 saturated carbocycles. The summed E-state index contributed by atoms with van der Waals surface area (Å²) in [6.45, 7) is 4.99. The molecule has 1 atom stereocenters. The van der Waals surface area contributed by atoms with E-state index in [2.05, 4.69) is 15.6 Å². The van der Waals surface area contributed by atoms with Crippen LogP contribution in [-0.2, 0) is 19.6 Å². The molecule has 2 heterocycles. The third-order valence-electron chi connectivity index (χ3n) is 3.46. The summed E-state index contributed by atoms with van der Waals surface area (Å²) in [5.41, 5.74) is 1.90. The van der Waals surface area contributed by atoms with Crippen molar-refractivity contribution in [2.75, 3.05) is 0 Å². The largest absolute Gasteiger partial charge is 0.390 e. The van der Waals surface area contributed by atoms with Gasteiger partial charge in [-0.3, -0.25) is 0 Å². The number of nitriles is 1. The Morgan fingerprint density at radius 3 is 2.82 bits per heavy atom. The van der Waals surface area contributed by atoms with Crippen molar-refractivity contribution in [1.29, 1.82) is 5.26 Å². The molecule has 0 aliphatic carbocycles. The maximum Gasteiger partial charge on any atom is 0.126 e. The van der Waals surface area contributed by atoms with E-state index >= 15 is 0 Å². The number of rotatable bonds is 3. The quantitative estimate of drug-likeness (QED) is 0.868. The van der Waals surface area contributed by atoms with E-state index in [0.717, 1.165) is 43.0 Å². The zero-order valence-corrected chi connectivity index (χ0v) is 10.5. The van der Waals surface area contributed by atoms with Gasteiger partial charge in [0.15, 0.2) is 0 Å². The number of aliphatic hydroxyl groups excluding tert-OH is 1. The van der Waals surface area contributed by atoms with Crippen molar-refractivity contribution in [3.05, 3.63) is 17.2 Å². The lowest BCUT2D eigenvalue weighted by Gasteiger charge is -2.20. The fourth-order valence-corrected chi connectivity index (χ4v) is 2.52. The monoisotopic (exact) mass is 233 g/mol. The van der Waals surface area contributed by atoms with Gasteiger partial charge in [-0.15, -0.1) is 0 Å². The average molecular weight is 233 g/mol. The van der Waals surface area contributed by atoms with Crippen LogP contribution in [0.1, 0.15) is 49.8 Å². The van der Waals surface area contributed by atoms with Crippen LogP contribution in [0.25, 0.3) is 0 Å². The molecule has 1 aliphatic heterocycles. The Balaban J connectivity index is 2.47. The molecule has 4 nitrogen and oxygen atoms in total. The van der Waals surface area contributed by atoms with Gasteiger partial charge in [-0.05, 0) is 25.2 Å². The zero-order chi connectivity index (χ0) is 12.4. The maximum atomic E-state index is 9.34. The standard InChI is InChI=1S/C13H19N3O/c1-9(2)10(7-14)13-15-11(8-17)12-5-3-4-6-16(12)13/h9-10,17H,3-6,8H2,1-2H3. The van der Waals surface area contributed by atoms with Crippen LogP contribution >= 0.6 is 0 Å². The van der Waals surface area contributed by atoms with Gasteiger partial charge in [-0.25, -0.2) is 4.98 Å². The van der Waals surface area contributed by atoms with Gasteiger partial charge in [0.25, 0.3) is 0 Å². The van der Waals surface area contributed by atoms with Crippen molar-refractivity contribution in [3.8, 4) is 6.07 Å². The highest BCUT2D eigenvalue weighted by Gasteiger charge is 2.26. The van der Waals surface area contributed by atoms with Gasteiger partial charge in [-0.1, -0.05) is 13.8 Å². The summed E-state index contributed by atoms with van der Waals surface area (Å²) in [6, 6.07) is 2.34. The molecule has 17 heavy (non-hydrogen) atoms. The van der Waals surface area contributed by atoms with E-state index in [4.69, 9.17) is 0 Å². The molecule has 0 amide bonds. The molecule has 0 radical (unpaired) electrons. The van der Waals surface area contributed by atoms with Gasteiger partial charge in [0.05, 0.1) is 18.4 Å². The number of fused-ring (bicyclic) bond motifs is 1. The molecule has 0 fully saturated rings. The molecule has 1 aromatic rings. The Bertz CT molecular complexity index is 442. The molecular weight excluding hydrogens is 214 g/mol. The Kier molecular flexibility index (Phi) is 3.49. The van der Waals surface area contributed by atoms with Crippen LogP contribution in [0.3, 0.4) is 0 Å². The lowest BCUT2D eigenvalue weighted by molar-refractivity contribution is 0.275. The predicted molar refractivity (Wildman–Crippen MR) is 64.3 cm³/mol. The zero-order valence-electron chi connectivity index (χ0n) is 10.5. The van der Waals surface area contributed by atoms with Crippen LogP contribution in [0, 0.1) is 17.2 Å². The van der Waals surface area contributed by atoms with Crippen LogP contribution in [-0.4, -0.2) is 14.7 Å². The number of aromatic nitrogens is 2. The number of hydrogen-bond donors (Lipinski definition) is 1. The van der Waals surface area contributed by atoms with E-state index < -0.39 is 0 Å². The normalized spacial score (nSPS) is 16.6. The topological polar surface area (TPSA) is 61.8 Å². The first-order chi connectivity index (χ1) is 8.19. The van der Waals surface area contributed by atoms with Gasteiger partial charge < -0.3 is 9.67 Å². The molecule has 92 valence electrons. The van der Waals surface area contributed by atoms with Gasteiger partial charge in [-0.2, -0.15) is 5.26 Å². The lowest BCUT2D eigenvalue weighted by Crippen LogP contribution is -2.17. The van der Waals surface area contributed by atoms with Gasteiger partial charge in [0, 0.05) is 12.2 Å². The SMILES string of the molecule is CC(C)C(C#N)c1nc(CO)c2n1CCCC2. The minimum atomic E-state index is -0.174. The molecule has 0 aromatic carbocycles. The molecule has 4 heteroatoms. The molecule has 1 N–H and O–H groups in total. The first-order valence-corrected chi connectivity index (χ1v) is 6.27. The predicted octanol–water partition coefficient (Wildman–Crippen LogP) is 1.97. The Morgan fingerprint density at radius 2 is 2.24 bits per heavy atom. The summed E-state index contributed by atoms with van der Waals surface area (Å²) in [6.07, 6.45) is 3.26. The second-order valence-electron chi connectivity index (χ2n) is 4.98. The smallest absolute Gasteiger partial charge is 0.126 e. The van der Waals surface area contributed by atoms with E-state index in [9.17, 15) is 10.4 Å². The van der Waals surface area contributed by atoms with Crippen LogP contribution in [0.15, 0.2) is 0 Å². The summed E-state index contributed by atoms with van der Waals surface area (Å²) in [4.78, 5) is 4.49. The second-order valence-corrected chi connectivity index (χ2v) is 4.98. The Labute approximate surface area is 102 Å². The highest BCUT2D eigenvalue weighted by atomic mass is 16.3. The first-order valence-electron chi connectivity index (χ1n) is 6.27. The van der Waals surface area contributed by atoms with Crippen molar-refractivity contribution in [3.63, 3.8) is 0 Å². The number of hydrogen-bond acceptors (Lipinski definition) is 3. The van der Waals surface area contributed by atoms with Crippen molar-refractivity contribution in [2.45, 2.75) is 52.2 Å². The molecule has 0 bridgehead atoms. The van der Waals surface area contributed by atoms with E-state index in [1.54, 1.807) is 0 Å². The minimum Gasteiger partial charge on any atom is -0.390 e. The van der Waals surface area contributed by atoms with E-state index in [1.807, 2.05) is 13.8 Å². The second kappa shape index (κ2) is 4.89. The molecular formula is C13H19N3O. The van der Waals surface area contributed by atoms with Crippen molar-refractivity contribution in [1.82, 2.24) is 9.55 Å². The molecule has 1 aromatic heterocycles. The Morgan fingerprint density at radius 1 is 1.47 bits per heavy atom. The fraction of sp³-hybridized carbons (Fsp3) is 0.692. The number of imidazole rings is 1. The van der Waals surface area contributed by atoms with Crippen molar-refractivity contribution in [2.24, 2.45) is 5.92 Å². The van der Waals surface area contributed by atoms with Crippen LogP contribution in [0.2, 0.25) is 0 Å². The summed E-state index contributed by atoms with van der Waals surface area (Å²) in [7, 11) is 0. The van der Waals surface area contributed by atoms with Crippen LogP contribution in [0.5, 0.6) is 0 Å². The van der Waals surface area contributed by atoms with E-state index in [1.165, 1.54) is 0 Å². The molecule has 2 rings (SSSR count). The molecule has 0 saturated heterocycles. The van der Waals surface area contributed by atoms with Crippen LogP contribution < -0.4 is 0 Å². The summed E-state index contributed by atoms with van der Waals surface area (Å²) in [5, 5.41) is 18.6. The van der Waals surface area contributed by atoms with Crippen molar-refractivity contribution < 1.29 is 5.11 Å². The number of nitrogens with zero attached hydrogens (tertiary/aromatic N) is 3. The lowest BCUT2D eigenvalue weighted by atomic mass is 9.96. The van der Waals surface area contributed by atoms with Crippen molar-refractivity contribution >= 4 is 0 Å². The van der Waals surface area contributed by atoms with E-state index in [-0.39, 0.29) is 18.4 Å². The summed E-state index contributed by atoms with van der Waals surface area (Å²) in [5.74, 6) is 0.924. The highest BCUT2D eigenvalue weighted by Crippen LogP contribution is 2.29. The minimum absolute atomic E-state index is 0.0222. The summed E-state index contributed by atoms with van der Waals surface area (Å²) < 4.78 is 2.16. The molecule has 1 aliphatic rings. The van der Waals surface area contributed by atoms with Gasteiger partial charge in [0.1, 0.15) is 11.7 Å². The highest BCUT2D eigenvalue weighted by molar-refractivity contribution is 5.24. The van der Waals surface area contributed by atoms with Gasteiger partial charge in [0.2, 0.25) is 0 Å². The third kappa shape index (κ3) is 2.07. The van der Waals surface area contributed by atoms with E-state index in [0.29, 0.717) is 0 Å². The fourth-order valence-electron chi connectivity index (χ4n) is 2.52. The number of aliphatic hydroxyl groups is 1. The van der Waals surface area contributed by atoms with Crippen LogP contribution in [0.4, 0.5) is 0 Å². The average Bonchev–Trinajstić information content (AvgIpc) is 2.69. The summed E-state index contributed by atoms with van der Waals surface area (Å²) >= 11 is 0. The maximum absolute atomic E-state index is 9.34.